The lowest BCUT2D eigenvalue weighted by atomic mass is 10.2. The fourth-order valence-electron chi connectivity index (χ4n) is 1.27. The number of hydrogen-bond donors (Lipinski definition) is 2. The topological polar surface area (TPSA) is 49.3 Å². The number of carbonyl (C=O) groups excluding carboxylic acids is 1. The van der Waals surface area contributed by atoms with Crippen LogP contribution >= 0.6 is 11.8 Å². The van der Waals surface area contributed by atoms with Crippen LogP contribution in [0.1, 0.15) is 12.5 Å². The molecule has 0 heterocycles. The van der Waals surface area contributed by atoms with Gasteiger partial charge < -0.3 is 10.4 Å². The summed E-state index contributed by atoms with van der Waals surface area (Å²) in [5, 5.41) is 11.4. The molecule has 0 fully saturated rings. The Balaban J connectivity index is 2.50. The third-order valence-corrected chi connectivity index (χ3v) is 3.25. The van der Waals surface area contributed by atoms with Crippen molar-refractivity contribution >= 4 is 23.4 Å². The van der Waals surface area contributed by atoms with E-state index in [2.05, 4.69) is 5.32 Å². The van der Waals surface area contributed by atoms with Gasteiger partial charge in [0.1, 0.15) is 0 Å². The average molecular weight is 239 g/mol. The molecule has 1 aromatic carbocycles. The van der Waals surface area contributed by atoms with Crippen LogP contribution < -0.4 is 5.32 Å². The molecule has 0 spiro atoms. The van der Waals surface area contributed by atoms with Crippen LogP contribution in [0.4, 0.5) is 5.69 Å². The van der Waals surface area contributed by atoms with Crippen molar-refractivity contribution < 1.29 is 9.90 Å². The molecule has 1 atom stereocenters. The van der Waals surface area contributed by atoms with Crippen molar-refractivity contribution in [1.82, 2.24) is 0 Å². The molecule has 16 heavy (non-hydrogen) atoms. The highest BCUT2D eigenvalue weighted by atomic mass is 32.2. The minimum absolute atomic E-state index is 0.0240. The van der Waals surface area contributed by atoms with Gasteiger partial charge in [0.05, 0.1) is 11.9 Å². The lowest BCUT2D eigenvalue weighted by molar-refractivity contribution is -0.115. The molecule has 2 N–H and O–H groups in total. The zero-order valence-corrected chi connectivity index (χ0v) is 10.4. The molecular formula is C12H17NO2S. The van der Waals surface area contributed by atoms with E-state index in [-0.39, 0.29) is 17.8 Å². The van der Waals surface area contributed by atoms with Crippen molar-refractivity contribution in [2.75, 3.05) is 17.7 Å². The van der Waals surface area contributed by atoms with E-state index in [1.54, 1.807) is 0 Å². The number of aliphatic hydroxyl groups excluding tert-OH is 1. The molecule has 0 unspecified atom stereocenters. The van der Waals surface area contributed by atoms with Crippen LogP contribution in [0, 0.1) is 6.92 Å². The van der Waals surface area contributed by atoms with E-state index in [0.717, 1.165) is 11.3 Å². The van der Waals surface area contributed by atoms with Crippen LogP contribution in [0.5, 0.6) is 0 Å². The number of aryl methyl sites for hydroxylation is 1. The summed E-state index contributed by atoms with van der Waals surface area (Å²) in [4.78, 5) is 11.7. The summed E-state index contributed by atoms with van der Waals surface area (Å²) in [6, 6.07) is 7.70. The van der Waals surface area contributed by atoms with Gasteiger partial charge >= 0.3 is 0 Å². The van der Waals surface area contributed by atoms with Crippen LogP contribution in [0.3, 0.4) is 0 Å². The van der Waals surface area contributed by atoms with Gasteiger partial charge in [0, 0.05) is 11.4 Å². The van der Waals surface area contributed by atoms with Gasteiger partial charge in [0.2, 0.25) is 5.91 Å². The number of aliphatic hydroxyl groups is 1. The standard InChI is InChI=1S/C12H17NO2S/c1-9-4-3-5-11(8-9)13-12(15)10(2)16-7-6-14/h3-5,8,10,14H,6-7H2,1-2H3,(H,13,15)/t10-/m1/s1. The number of hydrogen-bond acceptors (Lipinski definition) is 3. The Morgan fingerprint density at radius 3 is 2.94 bits per heavy atom. The first-order chi connectivity index (χ1) is 7.63. The van der Waals surface area contributed by atoms with Crippen LogP contribution in [0.25, 0.3) is 0 Å². The summed E-state index contributed by atoms with van der Waals surface area (Å²) in [7, 11) is 0. The Hall–Kier alpha value is -1.00. The third kappa shape index (κ3) is 4.24. The molecule has 1 rings (SSSR count). The van der Waals surface area contributed by atoms with E-state index in [9.17, 15) is 4.79 Å². The molecule has 88 valence electrons. The van der Waals surface area contributed by atoms with Gasteiger partial charge in [-0.2, -0.15) is 0 Å². The number of thioether (sulfide) groups is 1. The largest absolute Gasteiger partial charge is 0.396 e. The highest BCUT2D eigenvalue weighted by Gasteiger charge is 2.12. The molecule has 0 saturated heterocycles. The Labute approximate surface area is 100 Å². The molecular weight excluding hydrogens is 222 g/mol. The minimum Gasteiger partial charge on any atom is -0.396 e. The number of rotatable bonds is 5. The molecule has 0 aromatic heterocycles. The van der Waals surface area contributed by atoms with E-state index >= 15 is 0 Å². The van der Waals surface area contributed by atoms with Gasteiger partial charge in [-0.1, -0.05) is 12.1 Å². The van der Waals surface area contributed by atoms with Gasteiger partial charge in [0.15, 0.2) is 0 Å². The maximum absolute atomic E-state index is 11.7. The van der Waals surface area contributed by atoms with Gasteiger partial charge in [-0.25, -0.2) is 0 Å². The quantitative estimate of drug-likeness (QED) is 0.826. The summed E-state index contributed by atoms with van der Waals surface area (Å²) >= 11 is 1.45. The van der Waals surface area contributed by atoms with Crippen molar-refractivity contribution in [3.8, 4) is 0 Å². The number of anilines is 1. The van der Waals surface area contributed by atoms with E-state index < -0.39 is 0 Å². The molecule has 1 aromatic rings. The molecule has 1 amide bonds. The Kier molecular flexibility index (Phi) is 5.35. The number of nitrogens with one attached hydrogen (secondary N) is 1. The summed E-state index contributed by atoms with van der Waals surface area (Å²) in [6.07, 6.45) is 0. The highest BCUT2D eigenvalue weighted by molar-refractivity contribution is 8.00. The molecule has 0 radical (unpaired) electrons. The molecule has 0 bridgehead atoms. The summed E-state index contributed by atoms with van der Waals surface area (Å²) < 4.78 is 0. The Morgan fingerprint density at radius 2 is 2.31 bits per heavy atom. The summed E-state index contributed by atoms with van der Waals surface area (Å²) in [5.41, 5.74) is 1.94. The number of benzene rings is 1. The normalized spacial score (nSPS) is 12.2. The van der Waals surface area contributed by atoms with E-state index in [0.29, 0.717) is 5.75 Å². The summed E-state index contributed by atoms with van der Waals surface area (Å²) in [6.45, 7) is 3.93. The molecule has 0 saturated carbocycles. The first kappa shape index (κ1) is 13.1. The first-order valence-corrected chi connectivity index (χ1v) is 6.28. The van der Waals surface area contributed by atoms with Crippen molar-refractivity contribution in [1.29, 1.82) is 0 Å². The van der Waals surface area contributed by atoms with E-state index in [1.165, 1.54) is 11.8 Å². The highest BCUT2D eigenvalue weighted by Crippen LogP contribution is 2.14. The van der Waals surface area contributed by atoms with Gasteiger partial charge in [-0.05, 0) is 31.5 Å². The fourth-order valence-corrected chi connectivity index (χ4v) is 1.94. The predicted molar refractivity (Wildman–Crippen MR) is 68.8 cm³/mol. The van der Waals surface area contributed by atoms with Crippen LogP contribution in [0.15, 0.2) is 24.3 Å². The zero-order valence-electron chi connectivity index (χ0n) is 9.56. The molecule has 0 aliphatic carbocycles. The van der Waals surface area contributed by atoms with Crippen molar-refractivity contribution in [2.45, 2.75) is 19.1 Å². The third-order valence-electron chi connectivity index (χ3n) is 2.11. The van der Waals surface area contributed by atoms with Crippen LogP contribution in [-0.2, 0) is 4.79 Å². The zero-order chi connectivity index (χ0) is 12.0. The first-order valence-electron chi connectivity index (χ1n) is 5.23. The maximum Gasteiger partial charge on any atom is 0.237 e. The predicted octanol–water partition coefficient (Wildman–Crippen LogP) is 2.05. The monoisotopic (exact) mass is 239 g/mol. The average Bonchev–Trinajstić information content (AvgIpc) is 2.25. The molecule has 0 aliphatic heterocycles. The van der Waals surface area contributed by atoms with Gasteiger partial charge in [0.25, 0.3) is 0 Å². The van der Waals surface area contributed by atoms with Crippen LogP contribution in [0.2, 0.25) is 0 Å². The molecule has 3 nitrogen and oxygen atoms in total. The number of amides is 1. The molecule has 0 aliphatic rings. The second-order valence-electron chi connectivity index (χ2n) is 3.60. The lowest BCUT2D eigenvalue weighted by Crippen LogP contribution is -2.23. The maximum atomic E-state index is 11.7. The van der Waals surface area contributed by atoms with E-state index in [1.807, 2.05) is 38.1 Å². The van der Waals surface area contributed by atoms with E-state index in [4.69, 9.17) is 5.11 Å². The van der Waals surface area contributed by atoms with Crippen molar-refractivity contribution in [3.05, 3.63) is 29.8 Å². The van der Waals surface area contributed by atoms with Crippen molar-refractivity contribution in [2.24, 2.45) is 0 Å². The van der Waals surface area contributed by atoms with Gasteiger partial charge in [-0.15, -0.1) is 11.8 Å². The minimum atomic E-state index is -0.146. The fraction of sp³-hybridized carbons (Fsp3) is 0.417. The second kappa shape index (κ2) is 6.55. The van der Waals surface area contributed by atoms with Gasteiger partial charge in [-0.3, -0.25) is 4.79 Å². The van der Waals surface area contributed by atoms with Crippen molar-refractivity contribution in [3.63, 3.8) is 0 Å². The SMILES string of the molecule is Cc1cccc(NC(=O)[C@@H](C)SCCO)c1. The second-order valence-corrected chi connectivity index (χ2v) is 5.04. The lowest BCUT2D eigenvalue weighted by Gasteiger charge is -2.11. The molecule has 4 heteroatoms. The van der Waals surface area contributed by atoms with Crippen LogP contribution in [-0.4, -0.2) is 28.6 Å². The Bertz CT molecular complexity index is 355. The number of carbonyl (C=O) groups is 1. The summed E-state index contributed by atoms with van der Waals surface area (Å²) in [5.74, 6) is 0.562. The Morgan fingerprint density at radius 1 is 1.56 bits per heavy atom. The smallest absolute Gasteiger partial charge is 0.237 e.